The van der Waals surface area contributed by atoms with Crippen LogP contribution in [0.25, 0.3) is 0 Å². The summed E-state index contributed by atoms with van der Waals surface area (Å²) in [4.78, 5) is 0. The molecule has 1 heterocycles. The van der Waals surface area contributed by atoms with E-state index >= 15 is 0 Å². The van der Waals surface area contributed by atoms with E-state index in [-0.39, 0.29) is 0 Å². The Kier molecular flexibility index (Phi) is 3.16. The highest BCUT2D eigenvalue weighted by Crippen LogP contribution is 2.63. The van der Waals surface area contributed by atoms with Gasteiger partial charge in [-0.3, -0.25) is 4.68 Å². The molecule has 0 radical (unpaired) electrons. The minimum absolute atomic E-state index is 0.545. The van der Waals surface area contributed by atoms with Gasteiger partial charge in [0.1, 0.15) is 0 Å². The van der Waals surface area contributed by atoms with E-state index in [1.807, 2.05) is 11.7 Å². The van der Waals surface area contributed by atoms with Gasteiger partial charge in [0.15, 0.2) is 0 Å². The second-order valence-electron chi connectivity index (χ2n) is 6.93. The predicted octanol–water partition coefficient (Wildman–Crippen LogP) is 1.94. The summed E-state index contributed by atoms with van der Waals surface area (Å²) < 4.78 is 1.97. The Labute approximate surface area is 116 Å². The number of nitrogens with one attached hydrogen (secondary N) is 1. The second kappa shape index (κ2) is 4.58. The number of rotatable bonds is 3. The van der Waals surface area contributed by atoms with Gasteiger partial charge in [-0.2, -0.15) is 0 Å². The van der Waals surface area contributed by atoms with Crippen molar-refractivity contribution in [2.45, 2.75) is 52.5 Å². The molecule has 0 amide bonds. The van der Waals surface area contributed by atoms with Crippen molar-refractivity contribution in [1.82, 2.24) is 20.3 Å². The van der Waals surface area contributed by atoms with Gasteiger partial charge in [-0.25, -0.2) is 0 Å². The summed E-state index contributed by atoms with van der Waals surface area (Å²) in [5, 5.41) is 12.1. The normalized spacial score (nSPS) is 33.5. The fraction of sp³-hybridized carbons (Fsp3) is 0.867. The topological polar surface area (TPSA) is 42.7 Å². The van der Waals surface area contributed by atoms with Gasteiger partial charge in [0.25, 0.3) is 0 Å². The van der Waals surface area contributed by atoms with Crippen molar-refractivity contribution in [2.75, 3.05) is 6.54 Å². The highest BCUT2D eigenvalue weighted by atomic mass is 15.4. The van der Waals surface area contributed by atoms with E-state index in [0.717, 1.165) is 24.7 Å². The number of aromatic nitrogens is 3. The number of aryl methyl sites for hydroxylation is 2. The van der Waals surface area contributed by atoms with Crippen molar-refractivity contribution in [3.63, 3.8) is 0 Å². The first-order valence-corrected chi connectivity index (χ1v) is 7.63. The number of fused-ring (bicyclic) bond motifs is 2. The fourth-order valence-corrected chi connectivity index (χ4v) is 4.00. The molecule has 0 bridgehead atoms. The molecule has 0 aliphatic heterocycles. The van der Waals surface area contributed by atoms with Gasteiger partial charge in [0, 0.05) is 13.1 Å². The third-order valence-corrected chi connectivity index (χ3v) is 5.43. The van der Waals surface area contributed by atoms with Crippen LogP contribution in [0.3, 0.4) is 0 Å². The Hall–Kier alpha value is -0.900. The van der Waals surface area contributed by atoms with Crippen LogP contribution in [0.1, 0.15) is 45.0 Å². The van der Waals surface area contributed by atoms with Gasteiger partial charge in [-0.15, -0.1) is 5.10 Å². The molecule has 1 fully saturated rings. The quantitative estimate of drug-likeness (QED) is 0.905. The van der Waals surface area contributed by atoms with Gasteiger partial charge in [0.05, 0.1) is 11.4 Å². The molecule has 4 heteroatoms. The van der Waals surface area contributed by atoms with Crippen LogP contribution in [0.15, 0.2) is 0 Å². The molecule has 4 nitrogen and oxygen atoms in total. The van der Waals surface area contributed by atoms with Crippen molar-refractivity contribution >= 4 is 0 Å². The van der Waals surface area contributed by atoms with Crippen LogP contribution < -0.4 is 5.32 Å². The number of hydrogen-bond acceptors (Lipinski definition) is 3. The average Bonchev–Trinajstić information content (AvgIpc) is 2.70. The van der Waals surface area contributed by atoms with Crippen molar-refractivity contribution in [3.8, 4) is 0 Å². The average molecular weight is 262 g/mol. The van der Waals surface area contributed by atoms with Crippen molar-refractivity contribution in [3.05, 3.63) is 11.4 Å². The zero-order chi connectivity index (χ0) is 13.6. The van der Waals surface area contributed by atoms with Crippen molar-refractivity contribution in [1.29, 1.82) is 0 Å². The van der Waals surface area contributed by atoms with Gasteiger partial charge in [-0.05, 0) is 49.5 Å². The Morgan fingerprint density at radius 2 is 2.21 bits per heavy atom. The van der Waals surface area contributed by atoms with Crippen LogP contribution in [0, 0.1) is 17.3 Å². The van der Waals surface area contributed by atoms with E-state index in [1.54, 1.807) is 0 Å². The van der Waals surface area contributed by atoms with Gasteiger partial charge in [-0.1, -0.05) is 26.0 Å². The summed E-state index contributed by atoms with van der Waals surface area (Å²) >= 11 is 0. The van der Waals surface area contributed by atoms with Crippen molar-refractivity contribution < 1.29 is 0 Å². The zero-order valence-electron chi connectivity index (χ0n) is 12.6. The second-order valence-corrected chi connectivity index (χ2v) is 6.93. The third kappa shape index (κ3) is 2.20. The Morgan fingerprint density at radius 3 is 2.95 bits per heavy atom. The van der Waals surface area contributed by atoms with Gasteiger partial charge < -0.3 is 5.32 Å². The maximum absolute atomic E-state index is 4.33. The molecule has 3 atom stereocenters. The lowest BCUT2D eigenvalue weighted by atomic mass is 9.92. The van der Waals surface area contributed by atoms with Crippen LogP contribution in [0.2, 0.25) is 0 Å². The van der Waals surface area contributed by atoms with E-state index in [0.29, 0.717) is 11.5 Å². The van der Waals surface area contributed by atoms with E-state index in [4.69, 9.17) is 0 Å². The van der Waals surface area contributed by atoms with E-state index in [9.17, 15) is 0 Å². The van der Waals surface area contributed by atoms with Crippen molar-refractivity contribution in [2.24, 2.45) is 24.3 Å². The van der Waals surface area contributed by atoms with Gasteiger partial charge >= 0.3 is 0 Å². The standard InChI is InChI=1S/C15H26N4/c1-10(2)16-9-12-11-5-6-13-14(19(4)18-17-13)7-8-15(11,12)3/h10-12,16H,5-9H2,1-4H3/t11-,12+,15?/m1/s1. The molecule has 1 aromatic rings. The van der Waals surface area contributed by atoms with E-state index in [1.165, 1.54) is 30.8 Å². The number of hydrogen-bond donors (Lipinski definition) is 1. The van der Waals surface area contributed by atoms with Crippen LogP contribution >= 0.6 is 0 Å². The molecule has 2 aliphatic carbocycles. The smallest absolute Gasteiger partial charge is 0.0859 e. The largest absolute Gasteiger partial charge is 0.314 e. The minimum Gasteiger partial charge on any atom is -0.314 e. The van der Waals surface area contributed by atoms with E-state index < -0.39 is 0 Å². The molecule has 0 saturated heterocycles. The Bertz CT molecular complexity index is 465. The highest BCUT2D eigenvalue weighted by molar-refractivity contribution is 5.18. The summed E-state index contributed by atoms with van der Waals surface area (Å²) in [5.41, 5.74) is 3.15. The molecule has 1 aromatic heterocycles. The molecule has 19 heavy (non-hydrogen) atoms. The first-order chi connectivity index (χ1) is 9.02. The third-order valence-electron chi connectivity index (χ3n) is 5.43. The van der Waals surface area contributed by atoms with Crippen LogP contribution in [0.4, 0.5) is 0 Å². The highest BCUT2D eigenvalue weighted by Gasteiger charge is 2.59. The zero-order valence-corrected chi connectivity index (χ0v) is 12.6. The molecule has 3 rings (SSSR count). The maximum Gasteiger partial charge on any atom is 0.0859 e. The lowest BCUT2D eigenvalue weighted by Gasteiger charge is -2.16. The van der Waals surface area contributed by atoms with Gasteiger partial charge in [0.2, 0.25) is 0 Å². The summed E-state index contributed by atoms with van der Waals surface area (Å²) in [7, 11) is 2.03. The van der Waals surface area contributed by atoms with Crippen LogP contribution in [0.5, 0.6) is 0 Å². The monoisotopic (exact) mass is 262 g/mol. The Balaban J connectivity index is 1.70. The lowest BCUT2D eigenvalue weighted by molar-refractivity contribution is 0.407. The summed E-state index contributed by atoms with van der Waals surface area (Å²) in [6.45, 7) is 8.14. The first-order valence-electron chi connectivity index (χ1n) is 7.63. The molecule has 1 saturated carbocycles. The molecular weight excluding hydrogens is 236 g/mol. The molecule has 106 valence electrons. The maximum atomic E-state index is 4.33. The lowest BCUT2D eigenvalue weighted by Crippen LogP contribution is -2.26. The fourth-order valence-electron chi connectivity index (χ4n) is 4.00. The van der Waals surface area contributed by atoms with E-state index in [2.05, 4.69) is 36.4 Å². The predicted molar refractivity (Wildman–Crippen MR) is 75.9 cm³/mol. The number of nitrogens with zero attached hydrogens (tertiary/aromatic N) is 3. The summed E-state index contributed by atoms with van der Waals surface area (Å²) in [6, 6.07) is 0.596. The summed E-state index contributed by atoms with van der Waals surface area (Å²) in [5.74, 6) is 1.74. The summed E-state index contributed by atoms with van der Waals surface area (Å²) in [6.07, 6.45) is 4.83. The molecule has 2 aliphatic rings. The van der Waals surface area contributed by atoms with Crippen LogP contribution in [-0.2, 0) is 19.9 Å². The SMILES string of the molecule is CC(C)NC[C@H]1[C@H]2CCc3nnn(C)c3CCC21C. The molecule has 1 unspecified atom stereocenters. The minimum atomic E-state index is 0.545. The molecule has 1 N–H and O–H groups in total. The molecular formula is C15H26N4. The molecule has 0 aromatic carbocycles. The molecule has 0 spiro atoms. The Morgan fingerprint density at radius 1 is 1.42 bits per heavy atom. The first kappa shape index (κ1) is 13.1. The van der Waals surface area contributed by atoms with Crippen LogP contribution in [-0.4, -0.2) is 27.6 Å².